The molecule has 1 aliphatic rings. The summed E-state index contributed by atoms with van der Waals surface area (Å²) in [6.07, 6.45) is 1.76. The van der Waals surface area contributed by atoms with E-state index in [1.165, 1.54) is 21.7 Å². The van der Waals surface area contributed by atoms with Gasteiger partial charge in [0.2, 0.25) is 5.95 Å². The summed E-state index contributed by atoms with van der Waals surface area (Å²) < 4.78 is 13.3. The van der Waals surface area contributed by atoms with Crippen LogP contribution in [0.1, 0.15) is 18.2 Å². The van der Waals surface area contributed by atoms with Crippen molar-refractivity contribution in [2.24, 2.45) is 5.11 Å². The second-order valence-electron chi connectivity index (χ2n) is 7.40. The summed E-state index contributed by atoms with van der Waals surface area (Å²) in [6, 6.07) is -0.542. The van der Waals surface area contributed by atoms with Crippen LogP contribution in [0.15, 0.2) is 32.0 Å². The molecular formula is C18H24N10O7. The van der Waals surface area contributed by atoms with E-state index in [0.717, 1.165) is 0 Å². The number of aliphatic hydroxyl groups excluding tert-OH is 2. The number of H-pyrrole nitrogens is 2. The lowest BCUT2D eigenvalue weighted by atomic mass is 10.1. The molecule has 188 valence electrons. The highest BCUT2D eigenvalue weighted by atomic mass is 16.5. The maximum absolute atomic E-state index is 11.7. The number of rotatable bonds is 7. The van der Waals surface area contributed by atoms with Crippen molar-refractivity contribution in [2.45, 2.75) is 38.4 Å². The number of aliphatic hydroxyl groups is 2. The number of nitrogens with zero attached hydrogens (tertiary/aromatic N) is 7. The summed E-state index contributed by atoms with van der Waals surface area (Å²) in [5.74, 6) is 0.0291. The standard InChI is InChI=1S/C10H13N5O4.C8H11N5O3/c1-5-3-15(10(18)12-9(5)17)8-2-6(13-14-11)7(4-16)19-8;9-8-11-6-5(7(15)12-8)10-3-13(6)4-16-2-1-14/h3,6-8,16H,2,4H2,1H3,(H,12,17,18);3,14H,1-2,4H2,(H3,9,11,12,15)/t6-,7+,8+;/m0./s1. The summed E-state index contributed by atoms with van der Waals surface area (Å²) in [5, 5.41) is 21.2. The van der Waals surface area contributed by atoms with Crippen LogP contribution in [0.25, 0.3) is 21.6 Å². The van der Waals surface area contributed by atoms with Crippen molar-refractivity contribution in [3.05, 3.63) is 59.7 Å². The smallest absolute Gasteiger partial charge is 0.330 e. The lowest BCUT2D eigenvalue weighted by molar-refractivity contribution is -0.0271. The van der Waals surface area contributed by atoms with Gasteiger partial charge in [0, 0.05) is 23.1 Å². The average Bonchev–Trinajstić information content (AvgIpc) is 3.41. The Bertz CT molecular complexity index is 1390. The lowest BCUT2D eigenvalue weighted by Gasteiger charge is -2.14. The van der Waals surface area contributed by atoms with Gasteiger partial charge in [0.1, 0.15) is 13.0 Å². The molecule has 0 unspecified atom stereocenters. The quantitative estimate of drug-likeness (QED) is 0.110. The van der Waals surface area contributed by atoms with Gasteiger partial charge in [-0.25, -0.2) is 9.78 Å². The van der Waals surface area contributed by atoms with Crippen molar-refractivity contribution in [2.75, 3.05) is 25.6 Å². The lowest BCUT2D eigenvalue weighted by Crippen LogP contribution is -2.33. The molecule has 0 spiro atoms. The first-order chi connectivity index (χ1) is 16.8. The Kier molecular flexibility index (Phi) is 8.34. The minimum atomic E-state index is -0.671. The van der Waals surface area contributed by atoms with Crippen LogP contribution in [-0.4, -0.2) is 71.2 Å². The van der Waals surface area contributed by atoms with E-state index < -0.39 is 29.6 Å². The molecule has 0 aromatic carbocycles. The number of azide groups is 1. The number of imidazole rings is 1. The number of ether oxygens (including phenoxy) is 2. The van der Waals surface area contributed by atoms with Crippen LogP contribution in [0.4, 0.5) is 5.95 Å². The molecule has 4 rings (SSSR count). The first-order valence-electron chi connectivity index (χ1n) is 10.3. The van der Waals surface area contributed by atoms with Crippen LogP contribution in [0.5, 0.6) is 0 Å². The predicted molar refractivity (Wildman–Crippen MR) is 120 cm³/mol. The number of anilines is 1. The molecule has 4 heterocycles. The van der Waals surface area contributed by atoms with Gasteiger partial charge in [-0.1, -0.05) is 5.11 Å². The van der Waals surface area contributed by atoms with E-state index in [1.807, 2.05) is 0 Å². The number of hydrogen-bond acceptors (Lipinski definition) is 11. The highest BCUT2D eigenvalue weighted by Crippen LogP contribution is 2.29. The van der Waals surface area contributed by atoms with Gasteiger partial charge in [-0.15, -0.1) is 0 Å². The first-order valence-corrected chi connectivity index (χ1v) is 10.3. The first kappa shape index (κ1) is 25.6. The van der Waals surface area contributed by atoms with Crippen LogP contribution in [-0.2, 0) is 16.2 Å². The minimum Gasteiger partial charge on any atom is -0.394 e. The molecule has 1 saturated heterocycles. The summed E-state index contributed by atoms with van der Waals surface area (Å²) in [4.78, 5) is 49.4. The highest BCUT2D eigenvalue weighted by molar-refractivity contribution is 5.70. The van der Waals surface area contributed by atoms with Crippen molar-refractivity contribution in [3.8, 4) is 0 Å². The molecule has 0 bridgehead atoms. The number of nitrogens with one attached hydrogen (secondary N) is 2. The van der Waals surface area contributed by atoms with Gasteiger partial charge in [0.25, 0.3) is 11.1 Å². The van der Waals surface area contributed by atoms with Crippen LogP contribution in [0.2, 0.25) is 0 Å². The molecule has 0 aliphatic carbocycles. The number of aromatic amines is 2. The van der Waals surface area contributed by atoms with Gasteiger partial charge in [-0.3, -0.25) is 28.7 Å². The summed E-state index contributed by atoms with van der Waals surface area (Å²) in [6.45, 7) is 1.56. The van der Waals surface area contributed by atoms with Crippen molar-refractivity contribution < 1.29 is 19.7 Å². The Morgan fingerprint density at radius 2 is 2.11 bits per heavy atom. The third-order valence-electron chi connectivity index (χ3n) is 5.00. The second kappa shape index (κ2) is 11.4. The molecule has 0 amide bonds. The van der Waals surface area contributed by atoms with Gasteiger partial charge in [0.15, 0.2) is 11.2 Å². The molecule has 1 aliphatic heterocycles. The van der Waals surface area contributed by atoms with Crippen LogP contribution < -0.4 is 22.5 Å². The maximum atomic E-state index is 11.7. The second-order valence-corrected chi connectivity index (χ2v) is 7.40. The Morgan fingerprint density at radius 1 is 1.34 bits per heavy atom. The summed E-state index contributed by atoms with van der Waals surface area (Å²) in [7, 11) is 0. The third-order valence-corrected chi connectivity index (χ3v) is 5.00. The van der Waals surface area contributed by atoms with Crippen molar-refractivity contribution >= 4 is 17.1 Å². The Balaban J connectivity index is 0.000000198. The number of fused-ring (bicyclic) bond motifs is 1. The number of hydrogen-bond donors (Lipinski definition) is 5. The van der Waals surface area contributed by atoms with Gasteiger partial charge in [-0.05, 0) is 12.5 Å². The Labute approximate surface area is 195 Å². The fourth-order valence-corrected chi connectivity index (χ4v) is 3.33. The number of aromatic nitrogens is 6. The summed E-state index contributed by atoms with van der Waals surface area (Å²) >= 11 is 0. The molecule has 17 nitrogen and oxygen atoms in total. The minimum absolute atomic E-state index is 0.0291. The summed E-state index contributed by atoms with van der Waals surface area (Å²) in [5.41, 5.74) is 13.4. The maximum Gasteiger partial charge on any atom is 0.330 e. The van der Waals surface area contributed by atoms with Crippen molar-refractivity contribution in [1.82, 2.24) is 29.1 Å². The molecule has 3 atom stereocenters. The van der Waals surface area contributed by atoms with E-state index in [9.17, 15) is 14.4 Å². The van der Waals surface area contributed by atoms with E-state index >= 15 is 0 Å². The monoisotopic (exact) mass is 492 g/mol. The molecule has 1 fully saturated rings. The fraction of sp³-hybridized carbons (Fsp3) is 0.500. The Hall–Kier alpha value is -4.02. The molecular weight excluding hydrogens is 468 g/mol. The molecule has 3 aromatic heterocycles. The third kappa shape index (κ3) is 5.92. The van der Waals surface area contributed by atoms with Gasteiger partial charge < -0.3 is 25.4 Å². The van der Waals surface area contributed by atoms with Crippen molar-refractivity contribution in [1.29, 1.82) is 0 Å². The Morgan fingerprint density at radius 3 is 2.80 bits per heavy atom. The van der Waals surface area contributed by atoms with Crippen LogP contribution >= 0.6 is 0 Å². The largest absolute Gasteiger partial charge is 0.394 e. The van der Waals surface area contributed by atoms with E-state index in [1.54, 1.807) is 6.92 Å². The normalized spacial score (nSPS) is 19.2. The molecule has 17 heteroatoms. The van der Waals surface area contributed by atoms with Crippen LogP contribution in [0.3, 0.4) is 0 Å². The van der Waals surface area contributed by atoms with Gasteiger partial charge in [0.05, 0.1) is 38.3 Å². The predicted octanol–water partition coefficient (Wildman–Crippen LogP) is -1.53. The number of aryl methyl sites for hydroxylation is 1. The van der Waals surface area contributed by atoms with E-state index in [-0.39, 0.29) is 50.0 Å². The van der Waals surface area contributed by atoms with E-state index in [2.05, 4.69) is 30.0 Å². The number of nitrogens with two attached hydrogens (primary N) is 1. The SMILES string of the molecule is Cc1cn([C@H]2C[C@H](N=[N+]=[N-])[C@@H](CO)O2)c(=O)[nH]c1=O.Nc1nc2c(ncn2COCCO)c(=O)[nH]1. The van der Waals surface area contributed by atoms with Crippen molar-refractivity contribution in [3.63, 3.8) is 0 Å². The molecule has 35 heavy (non-hydrogen) atoms. The van der Waals surface area contributed by atoms with Gasteiger partial charge in [-0.2, -0.15) is 4.98 Å². The molecule has 6 N–H and O–H groups in total. The molecule has 3 aromatic rings. The topological polar surface area (TPSA) is 252 Å². The van der Waals surface area contributed by atoms with Crippen LogP contribution in [0, 0.1) is 6.92 Å². The van der Waals surface area contributed by atoms with E-state index in [4.69, 9.17) is 31.0 Å². The number of nitrogen functional groups attached to an aromatic ring is 1. The zero-order valence-corrected chi connectivity index (χ0v) is 18.6. The zero-order valence-electron chi connectivity index (χ0n) is 18.6. The molecule has 0 saturated carbocycles. The molecule has 0 radical (unpaired) electrons. The average molecular weight is 492 g/mol. The van der Waals surface area contributed by atoms with Gasteiger partial charge >= 0.3 is 5.69 Å². The van der Waals surface area contributed by atoms with E-state index in [0.29, 0.717) is 11.2 Å². The zero-order chi connectivity index (χ0) is 25.5. The fourth-order valence-electron chi connectivity index (χ4n) is 3.33. The highest BCUT2D eigenvalue weighted by Gasteiger charge is 2.35.